The lowest BCUT2D eigenvalue weighted by molar-refractivity contribution is -0.141. The lowest BCUT2D eigenvalue weighted by Crippen LogP contribution is -2.56. The van der Waals surface area contributed by atoms with Crippen molar-refractivity contribution in [3.63, 3.8) is 0 Å². The summed E-state index contributed by atoms with van der Waals surface area (Å²) in [5.41, 5.74) is -0.385. The van der Waals surface area contributed by atoms with Crippen LogP contribution in [0.1, 0.15) is 39.0 Å². The maximum Gasteiger partial charge on any atom is 0.327 e. The van der Waals surface area contributed by atoms with Gasteiger partial charge in [-0.15, -0.1) is 0 Å². The highest BCUT2D eigenvalue weighted by Crippen LogP contribution is 2.27. The molecule has 1 rings (SSSR count). The summed E-state index contributed by atoms with van der Waals surface area (Å²) in [6, 6.07) is -0.951. The highest BCUT2D eigenvalue weighted by atomic mass is 16.4. The van der Waals surface area contributed by atoms with Gasteiger partial charge < -0.3 is 20.8 Å². The SMILES string of the molecule is CC(=O)NC(CNC1(CO)CCCCC1)C(=O)O. The van der Waals surface area contributed by atoms with E-state index in [1.807, 2.05) is 0 Å². The molecular weight excluding hydrogens is 236 g/mol. The van der Waals surface area contributed by atoms with Gasteiger partial charge in [-0.3, -0.25) is 4.79 Å². The molecule has 1 saturated carbocycles. The Balaban J connectivity index is 2.53. The molecular formula is C12H22N2O4. The quantitative estimate of drug-likeness (QED) is 0.531. The van der Waals surface area contributed by atoms with Crippen LogP contribution in [0, 0.1) is 0 Å². The number of aliphatic carboxylic acids is 1. The van der Waals surface area contributed by atoms with Crippen LogP contribution in [0.25, 0.3) is 0 Å². The topological polar surface area (TPSA) is 98.7 Å². The summed E-state index contributed by atoms with van der Waals surface area (Å²) in [5, 5.41) is 24.0. The number of amides is 1. The van der Waals surface area contributed by atoms with E-state index in [-0.39, 0.29) is 24.6 Å². The average molecular weight is 258 g/mol. The Morgan fingerprint density at radius 3 is 2.33 bits per heavy atom. The van der Waals surface area contributed by atoms with Crippen molar-refractivity contribution in [2.45, 2.75) is 50.6 Å². The Morgan fingerprint density at radius 1 is 1.28 bits per heavy atom. The Labute approximate surface area is 107 Å². The fourth-order valence-corrected chi connectivity index (χ4v) is 2.38. The number of hydrogen-bond acceptors (Lipinski definition) is 4. The fraction of sp³-hybridized carbons (Fsp3) is 0.833. The molecule has 1 aliphatic carbocycles. The Hall–Kier alpha value is -1.14. The van der Waals surface area contributed by atoms with E-state index < -0.39 is 12.0 Å². The molecule has 0 radical (unpaired) electrons. The third-order valence-corrected chi connectivity index (χ3v) is 3.47. The first kappa shape index (κ1) is 14.9. The van der Waals surface area contributed by atoms with Crippen molar-refractivity contribution < 1.29 is 19.8 Å². The maximum absolute atomic E-state index is 11.0. The van der Waals surface area contributed by atoms with Crippen LogP contribution < -0.4 is 10.6 Å². The molecule has 18 heavy (non-hydrogen) atoms. The average Bonchev–Trinajstić information content (AvgIpc) is 2.35. The molecule has 0 saturated heterocycles. The largest absolute Gasteiger partial charge is 0.480 e. The van der Waals surface area contributed by atoms with E-state index >= 15 is 0 Å². The molecule has 1 fully saturated rings. The van der Waals surface area contributed by atoms with Crippen LogP contribution in [0.3, 0.4) is 0 Å². The lowest BCUT2D eigenvalue weighted by Gasteiger charge is -2.37. The summed E-state index contributed by atoms with van der Waals surface area (Å²) in [4.78, 5) is 21.9. The number of carboxylic acids is 1. The van der Waals surface area contributed by atoms with Gasteiger partial charge in [0.15, 0.2) is 0 Å². The van der Waals surface area contributed by atoms with Gasteiger partial charge >= 0.3 is 5.97 Å². The molecule has 0 aromatic heterocycles. The number of carbonyl (C=O) groups excluding carboxylic acids is 1. The highest BCUT2D eigenvalue weighted by Gasteiger charge is 2.32. The van der Waals surface area contributed by atoms with Crippen LogP contribution in [-0.4, -0.2) is 46.8 Å². The molecule has 6 nitrogen and oxygen atoms in total. The van der Waals surface area contributed by atoms with Crippen molar-refractivity contribution in [3.05, 3.63) is 0 Å². The Bertz CT molecular complexity index is 300. The second kappa shape index (κ2) is 6.70. The third kappa shape index (κ3) is 4.27. The highest BCUT2D eigenvalue weighted by molar-refractivity contribution is 5.82. The molecule has 1 unspecified atom stereocenters. The van der Waals surface area contributed by atoms with E-state index in [1.165, 1.54) is 6.92 Å². The van der Waals surface area contributed by atoms with E-state index in [2.05, 4.69) is 10.6 Å². The van der Waals surface area contributed by atoms with Crippen LogP contribution in [0.15, 0.2) is 0 Å². The number of aliphatic hydroxyl groups is 1. The molecule has 1 amide bonds. The number of carbonyl (C=O) groups is 2. The van der Waals surface area contributed by atoms with Gasteiger partial charge in [-0.2, -0.15) is 0 Å². The van der Waals surface area contributed by atoms with Gasteiger partial charge in [0.1, 0.15) is 6.04 Å². The monoisotopic (exact) mass is 258 g/mol. The molecule has 1 atom stereocenters. The van der Waals surface area contributed by atoms with Crippen molar-refractivity contribution >= 4 is 11.9 Å². The molecule has 4 N–H and O–H groups in total. The van der Waals surface area contributed by atoms with Gasteiger partial charge in [-0.05, 0) is 12.8 Å². The first-order valence-electron chi connectivity index (χ1n) is 6.35. The van der Waals surface area contributed by atoms with Gasteiger partial charge in [0.05, 0.1) is 6.61 Å². The van der Waals surface area contributed by atoms with Crippen LogP contribution in [0.5, 0.6) is 0 Å². The molecule has 104 valence electrons. The predicted molar refractivity (Wildman–Crippen MR) is 66.1 cm³/mol. The van der Waals surface area contributed by atoms with E-state index in [4.69, 9.17) is 5.11 Å². The molecule has 0 aromatic carbocycles. The first-order chi connectivity index (χ1) is 8.49. The molecule has 1 aliphatic rings. The summed E-state index contributed by atoms with van der Waals surface area (Å²) < 4.78 is 0. The molecule has 6 heteroatoms. The van der Waals surface area contributed by atoms with Crippen LogP contribution in [-0.2, 0) is 9.59 Å². The molecule has 0 heterocycles. The minimum atomic E-state index is -1.07. The second-order valence-corrected chi connectivity index (χ2v) is 4.97. The van der Waals surface area contributed by atoms with Gasteiger partial charge in [-0.25, -0.2) is 4.79 Å². The van der Waals surface area contributed by atoms with Crippen molar-refractivity contribution in [1.29, 1.82) is 0 Å². The van der Waals surface area contributed by atoms with Gasteiger partial charge in [0.25, 0.3) is 0 Å². The minimum Gasteiger partial charge on any atom is -0.480 e. The lowest BCUT2D eigenvalue weighted by atomic mass is 9.82. The number of carboxylic acid groups (broad SMARTS) is 1. The Kier molecular flexibility index (Phi) is 5.55. The van der Waals surface area contributed by atoms with Crippen molar-refractivity contribution in [2.24, 2.45) is 0 Å². The second-order valence-electron chi connectivity index (χ2n) is 4.97. The van der Waals surface area contributed by atoms with E-state index in [1.54, 1.807) is 0 Å². The summed E-state index contributed by atoms with van der Waals surface area (Å²) in [6.45, 7) is 1.42. The van der Waals surface area contributed by atoms with Crippen LogP contribution >= 0.6 is 0 Å². The van der Waals surface area contributed by atoms with E-state index in [9.17, 15) is 14.7 Å². The summed E-state index contributed by atoms with van der Waals surface area (Å²) >= 11 is 0. The van der Waals surface area contributed by atoms with E-state index in [0.717, 1.165) is 32.1 Å². The normalized spacial score (nSPS) is 20.1. The fourth-order valence-electron chi connectivity index (χ4n) is 2.38. The number of hydrogen-bond donors (Lipinski definition) is 4. The molecule has 0 bridgehead atoms. The van der Waals surface area contributed by atoms with Gasteiger partial charge in [-0.1, -0.05) is 19.3 Å². The zero-order valence-electron chi connectivity index (χ0n) is 10.7. The summed E-state index contributed by atoms with van der Waals surface area (Å²) in [5.74, 6) is -1.44. The number of rotatable bonds is 6. The summed E-state index contributed by atoms with van der Waals surface area (Å²) in [6.07, 6.45) is 4.90. The standard InChI is InChI=1S/C12H22N2O4/c1-9(16)14-10(11(17)18)7-13-12(8-15)5-3-2-4-6-12/h10,13,15H,2-8H2,1H3,(H,14,16)(H,17,18). The zero-order valence-corrected chi connectivity index (χ0v) is 10.7. The van der Waals surface area contributed by atoms with E-state index in [0.29, 0.717) is 0 Å². The van der Waals surface area contributed by atoms with Crippen molar-refractivity contribution in [3.8, 4) is 0 Å². The maximum atomic E-state index is 11.0. The molecule has 0 aromatic rings. The smallest absolute Gasteiger partial charge is 0.327 e. The van der Waals surface area contributed by atoms with Gasteiger partial charge in [0, 0.05) is 19.0 Å². The first-order valence-corrected chi connectivity index (χ1v) is 6.35. The van der Waals surface area contributed by atoms with Crippen LogP contribution in [0.4, 0.5) is 0 Å². The zero-order chi connectivity index (χ0) is 13.6. The van der Waals surface area contributed by atoms with Crippen LogP contribution in [0.2, 0.25) is 0 Å². The Morgan fingerprint density at radius 2 is 1.89 bits per heavy atom. The summed E-state index contributed by atoms with van der Waals surface area (Å²) in [7, 11) is 0. The van der Waals surface area contributed by atoms with Crippen molar-refractivity contribution in [2.75, 3.05) is 13.2 Å². The minimum absolute atomic E-state index is 0.000585. The predicted octanol–water partition coefficient (Wildman–Crippen LogP) is -0.140. The number of nitrogens with one attached hydrogen (secondary N) is 2. The number of aliphatic hydroxyl groups excluding tert-OH is 1. The van der Waals surface area contributed by atoms with Gasteiger partial charge in [0.2, 0.25) is 5.91 Å². The van der Waals surface area contributed by atoms with Crippen molar-refractivity contribution in [1.82, 2.24) is 10.6 Å². The molecule has 0 aliphatic heterocycles. The molecule has 0 spiro atoms. The third-order valence-electron chi connectivity index (χ3n) is 3.47.